The van der Waals surface area contributed by atoms with Crippen LogP contribution in [0.15, 0.2) is 0 Å². The summed E-state index contributed by atoms with van der Waals surface area (Å²) in [6.45, 7) is 4.56. The number of amides is 1. The number of carbonyl (C=O) groups is 1. The third-order valence-electron chi connectivity index (χ3n) is 2.73. The van der Waals surface area contributed by atoms with Crippen molar-refractivity contribution in [3.05, 3.63) is 0 Å². The van der Waals surface area contributed by atoms with Crippen LogP contribution in [0.4, 0.5) is 4.79 Å². The van der Waals surface area contributed by atoms with Gasteiger partial charge in [-0.2, -0.15) is 0 Å². The molecule has 0 saturated carbocycles. The van der Waals surface area contributed by atoms with Gasteiger partial charge in [-0.05, 0) is 32.6 Å². The Bertz CT molecular complexity index is 203. The molecule has 1 saturated heterocycles. The summed E-state index contributed by atoms with van der Waals surface area (Å²) < 4.78 is 0. The molecule has 1 aliphatic rings. The van der Waals surface area contributed by atoms with Crippen LogP contribution in [0.25, 0.3) is 0 Å². The molecule has 0 aromatic carbocycles. The maximum atomic E-state index is 10.8. The van der Waals surface area contributed by atoms with Gasteiger partial charge in [0.15, 0.2) is 0 Å². The van der Waals surface area contributed by atoms with Crippen LogP contribution >= 0.6 is 0 Å². The minimum Gasteiger partial charge on any atom is -0.465 e. The summed E-state index contributed by atoms with van der Waals surface area (Å²) in [6.07, 6.45) is 0.693. The highest BCUT2D eigenvalue weighted by atomic mass is 16.4. The Kier molecular flexibility index (Phi) is 2.81. The van der Waals surface area contributed by atoms with Crippen molar-refractivity contribution in [2.75, 3.05) is 13.2 Å². The summed E-state index contributed by atoms with van der Waals surface area (Å²) in [7, 11) is 0. The number of likely N-dealkylation sites (tertiary alicyclic amines) is 1. The molecule has 1 heterocycles. The Morgan fingerprint density at radius 3 is 2.62 bits per heavy atom. The van der Waals surface area contributed by atoms with Crippen molar-refractivity contribution in [1.82, 2.24) is 4.90 Å². The first-order chi connectivity index (χ1) is 5.97. The fourth-order valence-corrected chi connectivity index (χ4v) is 2.10. The predicted octanol–water partition coefficient (Wildman–Crippen LogP) is 1.15. The number of hydrogen-bond acceptors (Lipinski definition) is 2. The van der Waals surface area contributed by atoms with Crippen LogP contribution in [-0.2, 0) is 0 Å². The monoisotopic (exact) mass is 187 g/mol. The van der Waals surface area contributed by atoms with E-state index in [0.29, 0.717) is 18.9 Å². The van der Waals surface area contributed by atoms with Crippen LogP contribution < -0.4 is 0 Å². The third kappa shape index (κ3) is 2.12. The number of hydrogen-bond donors (Lipinski definition) is 2. The van der Waals surface area contributed by atoms with Gasteiger partial charge in [0.1, 0.15) is 0 Å². The fraction of sp³-hybridized carbons (Fsp3) is 0.889. The SMILES string of the molecule is CC1(C)CC(CCO)CN1C(=O)O. The van der Waals surface area contributed by atoms with E-state index in [1.54, 1.807) is 0 Å². The molecule has 0 bridgehead atoms. The number of aliphatic hydroxyl groups is 1. The van der Waals surface area contributed by atoms with E-state index in [-0.39, 0.29) is 12.1 Å². The molecule has 1 atom stereocenters. The lowest BCUT2D eigenvalue weighted by atomic mass is 9.95. The van der Waals surface area contributed by atoms with Crippen LogP contribution in [-0.4, -0.2) is 39.9 Å². The van der Waals surface area contributed by atoms with Gasteiger partial charge in [-0.15, -0.1) is 0 Å². The maximum Gasteiger partial charge on any atom is 0.407 e. The molecule has 0 aromatic heterocycles. The summed E-state index contributed by atoms with van der Waals surface area (Å²) in [5, 5.41) is 17.7. The Hall–Kier alpha value is -0.770. The minimum atomic E-state index is -0.856. The van der Waals surface area contributed by atoms with Crippen LogP contribution in [0.5, 0.6) is 0 Å². The minimum absolute atomic E-state index is 0.147. The van der Waals surface area contributed by atoms with Crippen molar-refractivity contribution in [1.29, 1.82) is 0 Å². The van der Waals surface area contributed by atoms with Crippen LogP contribution in [0.3, 0.4) is 0 Å². The molecule has 0 aromatic rings. The molecule has 4 heteroatoms. The van der Waals surface area contributed by atoms with Gasteiger partial charge >= 0.3 is 6.09 Å². The molecular formula is C9H17NO3. The normalized spacial score (nSPS) is 26.4. The largest absolute Gasteiger partial charge is 0.465 e. The summed E-state index contributed by atoms with van der Waals surface area (Å²) in [5.74, 6) is 0.316. The summed E-state index contributed by atoms with van der Waals surface area (Å²) in [6, 6.07) is 0. The number of carboxylic acid groups (broad SMARTS) is 1. The third-order valence-corrected chi connectivity index (χ3v) is 2.73. The van der Waals surface area contributed by atoms with E-state index in [2.05, 4.69) is 0 Å². The second-order valence-electron chi connectivity index (χ2n) is 4.29. The molecule has 1 rings (SSSR count). The Balaban J connectivity index is 2.62. The first-order valence-corrected chi connectivity index (χ1v) is 4.59. The average molecular weight is 187 g/mol. The lowest BCUT2D eigenvalue weighted by molar-refractivity contribution is 0.116. The maximum absolute atomic E-state index is 10.8. The van der Waals surface area contributed by atoms with Crippen molar-refractivity contribution < 1.29 is 15.0 Å². The van der Waals surface area contributed by atoms with Crippen molar-refractivity contribution in [3.8, 4) is 0 Å². The Morgan fingerprint density at radius 2 is 2.23 bits per heavy atom. The van der Waals surface area contributed by atoms with Crippen LogP contribution in [0, 0.1) is 5.92 Å². The van der Waals surface area contributed by atoms with E-state index in [4.69, 9.17) is 10.2 Å². The van der Waals surface area contributed by atoms with Crippen molar-refractivity contribution >= 4 is 6.09 Å². The highest BCUT2D eigenvalue weighted by Crippen LogP contribution is 2.33. The zero-order chi connectivity index (χ0) is 10.1. The van der Waals surface area contributed by atoms with Gasteiger partial charge in [-0.3, -0.25) is 0 Å². The van der Waals surface area contributed by atoms with E-state index in [0.717, 1.165) is 6.42 Å². The van der Waals surface area contributed by atoms with E-state index in [9.17, 15) is 4.79 Å². The molecule has 13 heavy (non-hydrogen) atoms. The van der Waals surface area contributed by atoms with Crippen molar-refractivity contribution in [2.45, 2.75) is 32.2 Å². The molecule has 1 aliphatic heterocycles. The molecule has 1 amide bonds. The van der Waals surface area contributed by atoms with Gasteiger partial charge in [0.25, 0.3) is 0 Å². The first kappa shape index (κ1) is 10.3. The molecule has 1 fully saturated rings. The number of nitrogens with zero attached hydrogens (tertiary/aromatic N) is 1. The van der Waals surface area contributed by atoms with Gasteiger partial charge in [0.2, 0.25) is 0 Å². The quantitative estimate of drug-likeness (QED) is 0.681. The number of rotatable bonds is 2. The van der Waals surface area contributed by atoms with Gasteiger partial charge in [0, 0.05) is 18.7 Å². The van der Waals surface area contributed by atoms with Crippen molar-refractivity contribution in [3.63, 3.8) is 0 Å². The molecule has 0 radical (unpaired) electrons. The lowest BCUT2D eigenvalue weighted by Crippen LogP contribution is -2.41. The Morgan fingerprint density at radius 1 is 1.62 bits per heavy atom. The van der Waals surface area contributed by atoms with E-state index >= 15 is 0 Å². The second kappa shape index (κ2) is 3.54. The van der Waals surface area contributed by atoms with E-state index < -0.39 is 6.09 Å². The molecule has 0 aliphatic carbocycles. The van der Waals surface area contributed by atoms with Gasteiger partial charge in [0.05, 0.1) is 0 Å². The fourth-order valence-electron chi connectivity index (χ4n) is 2.10. The molecule has 1 unspecified atom stereocenters. The van der Waals surface area contributed by atoms with Crippen molar-refractivity contribution in [2.24, 2.45) is 5.92 Å². The smallest absolute Gasteiger partial charge is 0.407 e. The highest BCUT2D eigenvalue weighted by Gasteiger charge is 2.40. The average Bonchev–Trinajstić information content (AvgIpc) is 2.26. The van der Waals surface area contributed by atoms with E-state index in [1.807, 2.05) is 13.8 Å². The first-order valence-electron chi connectivity index (χ1n) is 4.59. The number of aliphatic hydroxyl groups excluding tert-OH is 1. The summed E-state index contributed by atoms with van der Waals surface area (Å²) >= 11 is 0. The molecule has 4 nitrogen and oxygen atoms in total. The molecule has 0 spiro atoms. The predicted molar refractivity (Wildman–Crippen MR) is 48.6 cm³/mol. The zero-order valence-electron chi connectivity index (χ0n) is 8.16. The Labute approximate surface area is 78.2 Å². The van der Waals surface area contributed by atoms with Gasteiger partial charge < -0.3 is 15.1 Å². The lowest BCUT2D eigenvalue weighted by Gasteiger charge is -2.28. The zero-order valence-corrected chi connectivity index (χ0v) is 8.16. The molecule has 76 valence electrons. The summed E-state index contributed by atoms with van der Waals surface area (Å²) in [4.78, 5) is 12.3. The van der Waals surface area contributed by atoms with Gasteiger partial charge in [-0.25, -0.2) is 4.79 Å². The second-order valence-corrected chi connectivity index (χ2v) is 4.29. The standard InChI is InChI=1S/C9H17NO3/c1-9(2)5-7(3-4-11)6-10(9)8(12)13/h7,11H,3-6H2,1-2H3,(H,12,13). The molecular weight excluding hydrogens is 170 g/mol. The van der Waals surface area contributed by atoms with Crippen LogP contribution in [0.1, 0.15) is 26.7 Å². The van der Waals surface area contributed by atoms with Crippen LogP contribution in [0.2, 0.25) is 0 Å². The summed E-state index contributed by atoms with van der Waals surface area (Å²) in [5.41, 5.74) is -0.272. The van der Waals surface area contributed by atoms with E-state index in [1.165, 1.54) is 4.90 Å². The highest BCUT2D eigenvalue weighted by molar-refractivity contribution is 5.66. The molecule has 2 N–H and O–H groups in total. The topological polar surface area (TPSA) is 60.8 Å². The van der Waals surface area contributed by atoms with Gasteiger partial charge in [-0.1, -0.05) is 0 Å².